The van der Waals surface area contributed by atoms with Gasteiger partial charge in [-0.1, -0.05) is 18.7 Å². The number of fused-ring (bicyclic) bond motifs is 1. The highest BCUT2D eigenvalue weighted by atomic mass is 32.2. The topological polar surface area (TPSA) is 72.2 Å². The molecule has 2 rings (SSSR count). The molecule has 0 aliphatic rings. The van der Waals surface area contributed by atoms with Gasteiger partial charge in [-0.05, 0) is 12.1 Å². The van der Waals surface area contributed by atoms with E-state index in [4.69, 9.17) is 5.11 Å². The molecule has 5 nitrogen and oxygen atoms in total. The quantitative estimate of drug-likeness (QED) is 0.787. The van der Waals surface area contributed by atoms with Crippen LogP contribution in [0.4, 0.5) is 4.39 Å². The van der Waals surface area contributed by atoms with Gasteiger partial charge in [0, 0.05) is 34.9 Å². The first-order valence-electron chi connectivity index (χ1n) is 6.36. The van der Waals surface area contributed by atoms with Crippen molar-refractivity contribution in [2.24, 2.45) is 0 Å². The summed E-state index contributed by atoms with van der Waals surface area (Å²) in [5.74, 6) is -0.428. The number of halogens is 1. The SMILES string of the molecule is CCS(=O)CCn1c(SCC(=O)O)nc2cc(F)ccc21. The van der Waals surface area contributed by atoms with Gasteiger partial charge in [0.1, 0.15) is 5.82 Å². The van der Waals surface area contributed by atoms with E-state index in [1.807, 2.05) is 6.92 Å². The van der Waals surface area contributed by atoms with Crippen molar-refractivity contribution in [2.75, 3.05) is 17.3 Å². The van der Waals surface area contributed by atoms with Crippen molar-refractivity contribution < 1.29 is 18.5 Å². The molecule has 1 unspecified atom stereocenters. The van der Waals surface area contributed by atoms with Gasteiger partial charge in [0.2, 0.25) is 0 Å². The lowest BCUT2D eigenvalue weighted by molar-refractivity contribution is -0.133. The smallest absolute Gasteiger partial charge is 0.313 e. The van der Waals surface area contributed by atoms with Gasteiger partial charge < -0.3 is 9.67 Å². The summed E-state index contributed by atoms with van der Waals surface area (Å²) < 4.78 is 26.7. The number of aliphatic carboxylic acids is 1. The van der Waals surface area contributed by atoms with Crippen molar-refractivity contribution in [1.29, 1.82) is 0 Å². The Hall–Kier alpha value is -1.41. The molecule has 1 aromatic carbocycles. The van der Waals surface area contributed by atoms with Crippen molar-refractivity contribution in [1.82, 2.24) is 9.55 Å². The Morgan fingerprint density at radius 1 is 1.52 bits per heavy atom. The Labute approximate surface area is 128 Å². The van der Waals surface area contributed by atoms with E-state index in [-0.39, 0.29) is 11.6 Å². The number of hydrogen-bond acceptors (Lipinski definition) is 4. The van der Waals surface area contributed by atoms with Crippen molar-refractivity contribution in [3.8, 4) is 0 Å². The lowest BCUT2D eigenvalue weighted by Crippen LogP contribution is -2.10. The normalized spacial score (nSPS) is 12.7. The van der Waals surface area contributed by atoms with Crippen molar-refractivity contribution >= 4 is 39.6 Å². The van der Waals surface area contributed by atoms with E-state index < -0.39 is 16.8 Å². The zero-order valence-corrected chi connectivity index (χ0v) is 13.0. The number of hydrogen-bond donors (Lipinski definition) is 1. The zero-order valence-electron chi connectivity index (χ0n) is 11.4. The number of rotatable bonds is 7. The van der Waals surface area contributed by atoms with Gasteiger partial charge in [-0.3, -0.25) is 9.00 Å². The summed E-state index contributed by atoms with van der Waals surface area (Å²) in [6.45, 7) is 2.31. The molecule has 0 amide bonds. The summed E-state index contributed by atoms with van der Waals surface area (Å²) in [6, 6.07) is 4.26. The first-order chi connectivity index (χ1) is 10.0. The molecule has 1 N–H and O–H groups in total. The molecule has 0 spiro atoms. The third kappa shape index (κ3) is 4.04. The molecular weight excluding hydrogens is 315 g/mol. The molecule has 8 heteroatoms. The van der Waals surface area contributed by atoms with E-state index in [1.54, 1.807) is 10.6 Å². The highest BCUT2D eigenvalue weighted by Crippen LogP contribution is 2.24. The maximum absolute atomic E-state index is 13.3. The fraction of sp³-hybridized carbons (Fsp3) is 0.385. The van der Waals surface area contributed by atoms with Crippen molar-refractivity contribution in [3.05, 3.63) is 24.0 Å². The van der Waals surface area contributed by atoms with Gasteiger partial charge in [-0.25, -0.2) is 9.37 Å². The van der Waals surface area contributed by atoms with Gasteiger partial charge in [-0.15, -0.1) is 0 Å². The van der Waals surface area contributed by atoms with Gasteiger partial charge >= 0.3 is 5.97 Å². The molecular formula is C13H15FN2O3S2. The molecule has 21 heavy (non-hydrogen) atoms. The molecule has 1 aromatic heterocycles. The minimum absolute atomic E-state index is 0.122. The van der Waals surface area contributed by atoms with Crippen LogP contribution in [0, 0.1) is 5.82 Å². The van der Waals surface area contributed by atoms with E-state index in [1.165, 1.54) is 12.1 Å². The molecule has 0 aliphatic carbocycles. The number of aryl methyl sites for hydroxylation is 1. The number of carboxylic acids is 1. The Morgan fingerprint density at radius 2 is 2.29 bits per heavy atom. The lowest BCUT2D eigenvalue weighted by atomic mass is 10.3. The third-order valence-corrected chi connectivity index (χ3v) is 5.11. The standard InChI is InChI=1S/C13H15FN2O3S2/c1-2-21(19)6-5-16-11-4-3-9(14)7-10(11)15-13(16)20-8-12(17)18/h3-4,7H,2,5-6,8H2,1H3,(H,17,18). The van der Waals surface area contributed by atoms with E-state index in [0.29, 0.717) is 28.7 Å². The fourth-order valence-corrected chi connectivity index (χ4v) is 3.31. The average Bonchev–Trinajstić information content (AvgIpc) is 2.79. The maximum Gasteiger partial charge on any atom is 0.313 e. The number of carboxylic acid groups (broad SMARTS) is 1. The Kier molecular flexibility index (Phi) is 5.35. The van der Waals surface area contributed by atoms with Crippen molar-refractivity contribution in [3.63, 3.8) is 0 Å². The molecule has 1 heterocycles. The molecule has 0 bridgehead atoms. The highest BCUT2D eigenvalue weighted by Gasteiger charge is 2.14. The number of aromatic nitrogens is 2. The second-order valence-corrected chi connectivity index (χ2v) is 7.10. The van der Waals surface area contributed by atoms with Crippen LogP contribution in [-0.4, -0.2) is 42.1 Å². The second kappa shape index (κ2) is 7.04. The monoisotopic (exact) mass is 330 g/mol. The van der Waals surface area contributed by atoms with E-state index >= 15 is 0 Å². The van der Waals surface area contributed by atoms with Gasteiger partial charge in [0.05, 0.1) is 16.8 Å². The Morgan fingerprint density at radius 3 is 2.95 bits per heavy atom. The van der Waals surface area contributed by atoms with Crippen LogP contribution in [0.15, 0.2) is 23.4 Å². The largest absolute Gasteiger partial charge is 0.481 e. The van der Waals surface area contributed by atoms with Gasteiger partial charge in [-0.2, -0.15) is 0 Å². The number of thioether (sulfide) groups is 1. The number of carbonyl (C=O) groups is 1. The molecule has 1 atom stereocenters. The van der Waals surface area contributed by atoms with Crippen LogP contribution in [0.25, 0.3) is 11.0 Å². The van der Waals surface area contributed by atoms with Crippen LogP contribution in [0.3, 0.4) is 0 Å². The van der Waals surface area contributed by atoms with Gasteiger partial charge in [0.15, 0.2) is 5.16 Å². The Balaban J connectivity index is 2.34. The van der Waals surface area contributed by atoms with E-state index in [9.17, 15) is 13.4 Å². The molecule has 0 radical (unpaired) electrons. The number of imidazole rings is 1. The summed E-state index contributed by atoms with van der Waals surface area (Å²) in [6.07, 6.45) is 0. The molecule has 0 saturated heterocycles. The van der Waals surface area contributed by atoms with E-state index in [0.717, 1.165) is 17.3 Å². The molecule has 114 valence electrons. The summed E-state index contributed by atoms with van der Waals surface area (Å²) in [4.78, 5) is 15.0. The molecule has 0 aliphatic heterocycles. The fourth-order valence-electron chi connectivity index (χ4n) is 1.87. The van der Waals surface area contributed by atoms with Crippen LogP contribution >= 0.6 is 11.8 Å². The highest BCUT2D eigenvalue weighted by molar-refractivity contribution is 7.99. The molecule has 0 saturated carbocycles. The lowest BCUT2D eigenvalue weighted by Gasteiger charge is -2.07. The first-order valence-corrected chi connectivity index (χ1v) is 8.84. The summed E-state index contributed by atoms with van der Waals surface area (Å²) in [7, 11) is -0.928. The predicted octanol–water partition coefficient (Wildman–Crippen LogP) is 2.12. The number of nitrogens with zero attached hydrogens (tertiary/aromatic N) is 2. The summed E-state index contributed by atoms with van der Waals surface area (Å²) in [5, 5.41) is 9.28. The zero-order chi connectivity index (χ0) is 15.4. The molecule has 2 aromatic rings. The van der Waals surface area contributed by atoms with Crippen LogP contribution in [0.5, 0.6) is 0 Å². The predicted molar refractivity (Wildman–Crippen MR) is 81.6 cm³/mol. The second-order valence-electron chi connectivity index (χ2n) is 4.29. The van der Waals surface area contributed by atoms with Crippen LogP contribution in [-0.2, 0) is 22.1 Å². The Bertz CT molecular complexity index is 687. The maximum atomic E-state index is 13.3. The minimum atomic E-state index is -0.943. The minimum Gasteiger partial charge on any atom is -0.481 e. The number of benzene rings is 1. The third-order valence-electron chi connectivity index (χ3n) is 2.86. The van der Waals surface area contributed by atoms with Crippen molar-refractivity contribution in [2.45, 2.75) is 18.6 Å². The van der Waals surface area contributed by atoms with Crippen LogP contribution in [0.2, 0.25) is 0 Å². The van der Waals surface area contributed by atoms with Crippen LogP contribution < -0.4 is 0 Å². The average molecular weight is 330 g/mol. The van der Waals surface area contributed by atoms with E-state index in [2.05, 4.69) is 4.98 Å². The summed E-state index contributed by atoms with van der Waals surface area (Å²) in [5.41, 5.74) is 1.20. The van der Waals surface area contributed by atoms with Gasteiger partial charge in [0.25, 0.3) is 0 Å². The molecule has 0 fully saturated rings. The summed E-state index contributed by atoms with van der Waals surface area (Å²) >= 11 is 1.08. The van der Waals surface area contributed by atoms with Crippen LogP contribution in [0.1, 0.15) is 6.92 Å². The first kappa shape index (κ1) is 16.0.